The maximum Gasteiger partial charge on any atom is 0.259 e. The topological polar surface area (TPSA) is 80.3 Å². The molecule has 0 bridgehead atoms. The Morgan fingerprint density at radius 3 is 2.63 bits per heavy atom. The minimum atomic E-state index is -0.424. The number of halogens is 1. The van der Waals surface area contributed by atoms with Crippen molar-refractivity contribution in [3.63, 3.8) is 0 Å². The molecule has 0 atom stereocenters. The van der Waals surface area contributed by atoms with Gasteiger partial charge in [-0.15, -0.1) is 0 Å². The molecule has 1 aromatic heterocycles. The molecule has 2 aromatic rings. The number of methoxy groups -OCH3 is 1. The van der Waals surface area contributed by atoms with E-state index < -0.39 is 5.91 Å². The number of anilines is 2. The van der Waals surface area contributed by atoms with Crippen LogP contribution in [-0.2, 0) is 4.79 Å². The van der Waals surface area contributed by atoms with Gasteiger partial charge in [-0.05, 0) is 43.2 Å². The van der Waals surface area contributed by atoms with Gasteiger partial charge in [0.15, 0.2) is 0 Å². The van der Waals surface area contributed by atoms with Crippen molar-refractivity contribution in [2.45, 2.75) is 12.8 Å². The van der Waals surface area contributed by atoms with Crippen LogP contribution in [0.2, 0.25) is 5.02 Å². The Hall–Kier alpha value is -3.12. The summed E-state index contributed by atoms with van der Waals surface area (Å²) >= 11 is 5.81. The number of ether oxygens (including phenoxy) is 1. The fraction of sp³-hybridized carbons (Fsp3) is 0.150. The molecule has 7 heteroatoms. The first-order chi connectivity index (χ1) is 13.1. The quantitative estimate of drug-likeness (QED) is 0.810. The first-order valence-corrected chi connectivity index (χ1v) is 8.73. The van der Waals surface area contributed by atoms with E-state index in [4.69, 9.17) is 16.3 Å². The molecule has 0 aliphatic heterocycles. The van der Waals surface area contributed by atoms with Gasteiger partial charge >= 0.3 is 0 Å². The van der Waals surface area contributed by atoms with Crippen molar-refractivity contribution < 1.29 is 14.3 Å². The van der Waals surface area contributed by atoms with Crippen molar-refractivity contribution in [3.8, 4) is 5.75 Å². The van der Waals surface area contributed by atoms with Gasteiger partial charge in [0.05, 0.1) is 23.4 Å². The van der Waals surface area contributed by atoms with Gasteiger partial charge in [-0.2, -0.15) is 0 Å². The lowest BCUT2D eigenvalue weighted by molar-refractivity contribution is -0.112. The van der Waals surface area contributed by atoms with Gasteiger partial charge in [0, 0.05) is 11.8 Å². The van der Waals surface area contributed by atoms with Crippen LogP contribution >= 0.6 is 11.6 Å². The lowest BCUT2D eigenvalue weighted by atomic mass is 10.1. The summed E-state index contributed by atoms with van der Waals surface area (Å²) in [5.41, 5.74) is 1.22. The third-order valence-corrected chi connectivity index (χ3v) is 4.17. The number of nitrogens with zero attached hydrogens (tertiary/aromatic N) is 1. The molecule has 1 aliphatic carbocycles. The lowest BCUT2D eigenvalue weighted by Crippen LogP contribution is -2.19. The van der Waals surface area contributed by atoms with Gasteiger partial charge < -0.3 is 15.4 Å². The van der Waals surface area contributed by atoms with Crippen molar-refractivity contribution in [3.05, 3.63) is 70.9 Å². The normalized spacial score (nSPS) is 12.9. The molecule has 1 heterocycles. The highest BCUT2D eigenvalue weighted by atomic mass is 35.5. The molecular formula is C20H18ClN3O3. The molecule has 1 aliphatic rings. The Kier molecular flexibility index (Phi) is 5.88. The van der Waals surface area contributed by atoms with Crippen LogP contribution in [0.1, 0.15) is 23.2 Å². The standard InChI is InChI=1S/C20H18ClN3O3/c1-27-15-8-9-17(23-19(25)13-5-3-2-4-6-13)16(11-15)20(26)24-18-10-7-14(21)12-22-18/h3,5-12H,2,4H2,1H3,(H,23,25)(H,22,24,26). The molecule has 0 radical (unpaired) electrons. The zero-order chi connectivity index (χ0) is 19.2. The number of hydrogen-bond acceptors (Lipinski definition) is 4. The monoisotopic (exact) mass is 383 g/mol. The van der Waals surface area contributed by atoms with Crippen molar-refractivity contribution in [1.29, 1.82) is 0 Å². The summed E-state index contributed by atoms with van der Waals surface area (Å²) in [6, 6.07) is 8.09. The summed E-state index contributed by atoms with van der Waals surface area (Å²) in [7, 11) is 1.51. The Labute approximate surface area is 161 Å². The van der Waals surface area contributed by atoms with E-state index in [1.165, 1.54) is 13.3 Å². The summed E-state index contributed by atoms with van der Waals surface area (Å²) in [6.07, 6.45) is 8.77. The van der Waals surface area contributed by atoms with Crippen molar-refractivity contribution >= 4 is 34.9 Å². The number of carbonyl (C=O) groups excluding carboxylic acids is 2. The molecule has 0 unspecified atom stereocenters. The summed E-state index contributed by atoms with van der Waals surface area (Å²) < 4.78 is 5.20. The van der Waals surface area contributed by atoms with E-state index in [0.717, 1.165) is 12.8 Å². The number of allylic oxidation sites excluding steroid dienone is 2. The van der Waals surface area contributed by atoms with Crippen molar-refractivity contribution in [2.75, 3.05) is 17.7 Å². The van der Waals surface area contributed by atoms with Crippen LogP contribution in [0.25, 0.3) is 0 Å². The van der Waals surface area contributed by atoms with Crippen LogP contribution in [0.3, 0.4) is 0 Å². The van der Waals surface area contributed by atoms with E-state index in [0.29, 0.717) is 27.9 Å². The molecule has 6 nitrogen and oxygen atoms in total. The Morgan fingerprint density at radius 1 is 1.11 bits per heavy atom. The molecule has 138 valence electrons. The maximum absolute atomic E-state index is 12.7. The van der Waals surface area contributed by atoms with E-state index in [1.54, 1.807) is 36.4 Å². The van der Waals surface area contributed by atoms with Crippen LogP contribution in [0, 0.1) is 0 Å². The first kappa shape index (κ1) is 18.7. The minimum Gasteiger partial charge on any atom is -0.497 e. The summed E-state index contributed by atoms with van der Waals surface area (Å²) in [5, 5.41) is 5.95. The fourth-order valence-electron chi connectivity index (χ4n) is 2.56. The highest BCUT2D eigenvalue weighted by Crippen LogP contribution is 2.24. The van der Waals surface area contributed by atoms with Crippen LogP contribution in [0.5, 0.6) is 5.75 Å². The summed E-state index contributed by atoms with van der Waals surface area (Å²) in [5.74, 6) is 0.156. The first-order valence-electron chi connectivity index (χ1n) is 8.36. The number of aromatic nitrogens is 1. The number of carbonyl (C=O) groups is 2. The van der Waals surface area contributed by atoms with Gasteiger partial charge in [0.2, 0.25) is 0 Å². The Morgan fingerprint density at radius 2 is 1.96 bits per heavy atom. The van der Waals surface area contributed by atoms with E-state index in [2.05, 4.69) is 15.6 Å². The third kappa shape index (κ3) is 4.74. The van der Waals surface area contributed by atoms with E-state index in [9.17, 15) is 9.59 Å². The Bertz CT molecular complexity index is 921. The molecule has 0 saturated heterocycles. The molecular weight excluding hydrogens is 366 g/mol. The zero-order valence-electron chi connectivity index (χ0n) is 14.7. The average molecular weight is 384 g/mol. The average Bonchev–Trinajstić information content (AvgIpc) is 2.70. The van der Waals surface area contributed by atoms with Gasteiger partial charge in [0.25, 0.3) is 11.8 Å². The van der Waals surface area contributed by atoms with Gasteiger partial charge in [-0.25, -0.2) is 4.98 Å². The van der Waals surface area contributed by atoms with Gasteiger partial charge in [-0.1, -0.05) is 29.8 Å². The summed E-state index contributed by atoms with van der Waals surface area (Å²) in [4.78, 5) is 29.2. The van der Waals surface area contributed by atoms with Crippen LogP contribution in [0.15, 0.2) is 60.3 Å². The summed E-state index contributed by atoms with van der Waals surface area (Å²) in [6.45, 7) is 0. The smallest absolute Gasteiger partial charge is 0.259 e. The zero-order valence-corrected chi connectivity index (χ0v) is 15.4. The molecule has 1 aromatic carbocycles. The number of rotatable bonds is 5. The number of hydrogen-bond donors (Lipinski definition) is 2. The highest BCUT2D eigenvalue weighted by Gasteiger charge is 2.17. The minimum absolute atomic E-state index is 0.264. The SMILES string of the molecule is COc1ccc(NC(=O)C2=CCCC=C2)c(C(=O)Nc2ccc(Cl)cn2)c1. The maximum atomic E-state index is 12.7. The van der Waals surface area contributed by atoms with Gasteiger partial charge in [-0.3, -0.25) is 9.59 Å². The fourth-order valence-corrected chi connectivity index (χ4v) is 2.67. The van der Waals surface area contributed by atoms with Crippen LogP contribution < -0.4 is 15.4 Å². The number of amides is 2. The van der Waals surface area contributed by atoms with E-state index >= 15 is 0 Å². The highest BCUT2D eigenvalue weighted by molar-refractivity contribution is 6.30. The number of nitrogens with one attached hydrogen (secondary N) is 2. The third-order valence-electron chi connectivity index (χ3n) is 3.95. The second-order valence-corrected chi connectivity index (χ2v) is 6.26. The second kappa shape index (κ2) is 8.51. The molecule has 0 spiro atoms. The molecule has 27 heavy (non-hydrogen) atoms. The molecule has 0 saturated carbocycles. The predicted octanol–water partition coefficient (Wildman–Crippen LogP) is 4.21. The number of benzene rings is 1. The van der Waals surface area contributed by atoms with E-state index in [-0.39, 0.29) is 11.5 Å². The lowest BCUT2D eigenvalue weighted by Gasteiger charge is -2.14. The van der Waals surface area contributed by atoms with Crippen molar-refractivity contribution in [1.82, 2.24) is 4.98 Å². The van der Waals surface area contributed by atoms with Crippen molar-refractivity contribution in [2.24, 2.45) is 0 Å². The molecule has 0 fully saturated rings. The molecule has 2 N–H and O–H groups in total. The number of pyridine rings is 1. The Balaban J connectivity index is 1.84. The largest absolute Gasteiger partial charge is 0.497 e. The molecule has 2 amide bonds. The predicted molar refractivity (Wildman–Crippen MR) is 105 cm³/mol. The van der Waals surface area contributed by atoms with Crippen LogP contribution in [-0.4, -0.2) is 23.9 Å². The van der Waals surface area contributed by atoms with Crippen LogP contribution in [0.4, 0.5) is 11.5 Å². The second-order valence-electron chi connectivity index (χ2n) is 5.82. The van der Waals surface area contributed by atoms with E-state index in [1.807, 2.05) is 12.2 Å². The molecule has 3 rings (SSSR count). The van der Waals surface area contributed by atoms with Gasteiger partial charge in [0.1, 0.15) is 11.6 Å².